The molecule has 3 nitrogen and oxygen atoms in total. The van der Waals surface area contributed by atoms with E-state index in [4.69, 9.17) is 11.5 Å². The van der Waals surface area contributed by atoms with Crippen molar-refractivity contribution < 1.29 is 4.79 Å². The Kier molecular flexibility index (Phi) is 4.80. The van der Waals surface area contributed by atoms with E-state index in [2.05, 4.69) is 6.58 Å². The number of Topliss-reactive ketones (excluding diaryl/α,β-unsaturated/α-hetero) is 1. The lowest BCUT2D eigenvalue weighted by Gasteiger charge is -2.01. The molecular weight excluding hydrogens is 128 g/mol. The summed E-state index contributed by atoms with van der Waals surface area (Å²) in [5.74, 6) is 0.149. The third-order valence-corrected chi connectivity index (χ3v) is 1.13. The van der Waals surface area contributed by atoms with Crippen molar-refractivity contribution >= 4 is 5.78 Å². The molecule has 0 aliphatic carbocycles. The third kappa shape index (κ3) is 5.47. The van der Waals surface area contributed by atoms with E-state index in [-0.39, 0.29) is 11.9 Å². The lowest BCUT2D eigenvalue weighted by Crippen LogP contribution is -2.30. The molecule has 4 N–H and O–H groups in total. The van der Waals surface area contributed by atoms with Crippen molar-refractivity contribution in [3.8, 4) is 0 Å². The van der Waals surface area contributed by atoms with E-state index in [0.717, 1.165) is 0 Å². The quantitative estimate of drug-likeness (QED) is 0.424. The Labute approximate surface area is 61.1 Å². The Morgan fingerprint density at radius 1 is 1.60 bits per heavy atom. The van der Waals surface area contributed by atoms with Gasteiger partial charge in [0.15, 0.2) is 0 Å². The van der Waals surface area contributed by atoms with Crippen molar-refractivity contribution in [3.63, 3.8) is 0 Å². The highest BCUT2D eigenvalue weighted by Gasteiger charge is 2.00. The maximum atomic E-state index is 10.8. The fourth-order valence-corrected chi connectivity index (χ4v) is 0.591. The molecule has 0 bridgehead atoms. The van der Waals surface area contributed by atoms with Crippen molar-refractivity contribution in [2.75, 3.05) is 0 Å². The molecule has 0 atom stereocenters. The summed E-state index contributed by atoms with van der Waals surface area (Å²) in [6.07, 6.45) is 2.67. The fraction of sp³-hybridized carbons (Fsp3) is 0.571. The summed E-state index contributed by atoms with van der Waals surface area (Å²) in [4.78, 5) is 10.8. The van der Waals surface area contributed by atoms with Crippen LogP contribution in [0.15, 0.2) is 12.7 Å². The summed E-state index contributed by atoms with van der Waals surface area (Å²) in [6, 6.07) is 0. The lowest BCUT2D eigenvalue weighted by molar-refractivity contribution is -0.118. The van der Waals surface area contributed by atoms with Crippen LogP contribution in [0.1, 0.15) is 19.3 Å². The average molecular weight is 142 g/mol. The normalized spacial score (nSPS) is 9.90. The number of carbonyl (C=O) groups excluding carboxylic acids is 1. The van der Waals surface area contributed by atoms with Crippen molar-refractivity contribution in [3.05, 3.63) is 12.7 Å². The van der Waals surface area contributed by atoms with Gasteiger partial charge in [-0.3, -0.25) is 4.79 Å². The summed E-state index contributed by atoms with van der Waals surface area (Å²) >= 11 is 0. The molecule has 0 aliphatic rings. The van der Waals surface area contributed by atoms with Crippen LogP contribution in [0.2, 0.25) is 0 Å². The van der Waals surface area contributed by atoms with Gasteiger partial charge >= 0.3 is 0 Å². The first-order valence-electron chi connectivity index (χ1n) is 3.30. The van der Waals surface area contributed by atoms with Crippen LogP contribution in [-0.4, -0.2) is 11.9 Å². The largest absolute Gasteiger partial charge is 0.316 e. The van der Waals surface area contributed by atoms with Crippen LogP contribution in [0, 0.1) is 0 Å². The zero-order valence-electron chi connectivity index (χ0n) is 6.05. The maximum Gasteiger partial charge on any atom is 0.136 e. The molecule has 0 rings (SSSR count). The van der Waals surface area contributed by atoms with E-state index < -0.39 is 0 Å². The summed E-state index contributed by atoms with van der Waals surface area (Å²) < 4.78 is 0. The zero-order chi connectivity index (χ0) is 7.98. The Bertz CT molecular complexity index is 121. The molecule has 0 fully saturated rings. The monoisotopic (exact) mass is 142 g/mol. The molecule has 0 aromatic carbocycles. The highest BCUT2D eigenvalue weighted by atomic mass is 16.1. The standard InChI is InChI=1S/C7H14N2O/c1-2-3-6(10)4-5-7(8)9/h2,7H,1,3-5,8-9H2. The molecule has 3 heteroatoms. The molecule has 0 saturated carbocycles. The van der Waals surface area contributed by atoms with Gasteiger partial charge in [-0.15, -0.1) is 6.58 Å². The molecule has 0 unspecified atom stereocenters. The van der Waals surface area contributed by atoms with Crippen LogP contribution in [-0.2, 0) is 4.79 Å². The van der Waals surface area contributed by atoms with Gasteiger partial charge in [0.25, 0.3) is 0 Å². The Morgan fingerprint density at radius 3 is 2.60 bits per heavy atom. The van der Waals surface area contributed by atoms with Crippen LogP contribution >= 0.6 is 0 Å². The van der Waals surface area contributed by atoms with Gasteiger partial charge in [-0.05, 0) is 6.42 Å². The van der Waals surface area contributed by atoms with E-state index in [1.165, 1.54) is 0 Å². The molecule has 0 heterocycles. The number of nitrogens with two attached hydrogens (primary N) is 2. The van der Waals surface area contributed by atoms with Crippen molar-refractivity contribution in [1.82, 2.24) is 0 Å². The van der Waals surface area contributed by atoms with E-state index in [1.54, 1.807) is 6.08 Å². The lowest BCUT2D eigenvalue weighted by atomic mass is 10.1. The second-order valence-corrected chi connectivity index (χ2v) is 2.23. The summed E-state index contributed by atoms with van der Waals surface area (Å²) in [5, 5.41) is 0. The minimum atomic E-state index is -0.367. The number of allylic oxidation sites excluding steroid dienone is 1. The van der Waals surface area contributed by atoms with Crippen LogP contribution in [0.3, 0.4) is 0 Å². The number of rotatable bonds is 5. The number of hydrogen-bond acceptors (Lipinski definition) is 3. The van der Waals surface area contributed by atoms with Gasteiger partial charge in [-0.2, -0.15) is 0 Å². The molecule has 10 heavy (non-hydrogen) atoms. The molecule has 0 aliphatic heterocycles. The topological polar surface area (TPSA) is 69.1 Å². The van der Waals surface area contributed by atoms with Gasteiger partial charge in [0.05, 0.1) is 6.17 Å². The molecular formula is C7H14N2O. The molecule has 0 aromatic heterocycles. The van der Waals surface area contributed by atoms with Crippen LogP contribution in [0.4, 0.5) is 0 Å². The first-order chi connectivity index (χ1) is 4.66. The summed E-state index contributed by atoms with van der Waals surface area (Å²) in [7, 11) is 0. The van der Waals surface area contributed by atoms with Crippen LogP contribution < -0.4 is 11.5 Å². The van der Waals surface area contributed by atoms with Crippen LogP contribution in [0.25, 0.3) is 0 Å². The van der Waals surface area contributed by atoms with Crippen LogP contribution in [0.5, 0.6) is 0 Å². The second-order valence-electron chi connectivity index (χ2n) is 2.23. The predicted octanol–water partition coefficient (Wildman–Crippen LogP) is 0.155. The van der Waals surface area contributed by atoms with Crippen molar-refractivity contribution in [2.45, 2.75) is 25.4 Å². The third-order valence-electron chi connectivity index (χ3n) is 1.13. The van der Waals surface area contributed by atoms with Gasteiger partial charge in [0, 0.05) is 12.8 Å². The smallest absolute Gasteiger partial charge is 0.136 e. The Hall–Kier alpha value is -0.670. The van der Waals surface area contributed by atoms with Gasteiger partial charge in [-0.1, -0.05) is 6.08 Å². The van der Waals surface area contributed by atoms with E-state index in [1.807, 2.05) is 0 Å². The highest BCUT2D eigenvalue weighted by Crippen LogP contribution is 1.95. The Balaban J connectivity index is 3.30. The van der Waals surface area contributed by atoms with Gasteiger partial charge in [-0.25, -0.2) is 0 Å². The Morgan fingerprint density at radius 2 is 2.20 bits per heavy atom. The molecule has 0 aromatic rings. The van der Waals surface area contributed by atoms with Gasteiger partial charge in [0.2, 0.25) is 0 Å². The molecule has 0 amide bonds. The predicted molar refractivity (Wildman–Crippen MR) is 41.2 cm³/mol. The SMILES string of the molecule is C=CCC(=O)CCC(N)N. The second kappa shape index (κ2) is 5.14. The first kappa shape index (κ1) is 9.33. The number of hydrogen-bond donors (Lipinski definition) is 2. The summed E-state index contributed by atoms with van der Waals surface area (Å²) in [5.41, 5.74) is 10.5. The van der Waals surface area contributed by atoms with E-state index in [9.17, 15) is 4.79 Å². The number of ketones is 1. The maximum absolute atomic E-state index is 10.8. The van der Waals surface area contributed by atoms with Gasteiger partial charge < -0.3 is 11.5 Å². The number of carbonyl (C=O) groups is 1. The molecule has 0 saturated heterocycles. The zero-order valence-corrected chi connectivity index (χ0v) is 6.05. The van der Waals surface area contributed by atoms with Crippen molar-refractivity contribution in [2.24, 2.45) is 11.5 Å². The highest BCUT2D eigenvalue weighted by molar-refractivity contribution is 5.79. The molecule has 58 valence electrons. The van der Waals surface area contributed by atoms with E-state index >= 15 is 0 Å². The van der Waals surface area contributed by atoms with Gasteiger partial charge in [0.1, 0.15) is 5.78 Å². The van der Waals surface area contributed by atoms with Crippen molar-refractivity contribution in [1.29, 1.82) is 0 Å². The molecule has 0 radical (unpaired) electrons. The summed E-state index contributed by atoms with van der Waals surface area (Å²) in [6.45, 7) is 3.44. The minimum Gasteiger partial charge on any atom is -0.316 e. The minimum absolute atomic E-state index is 0.149. The average Bonchev–Trinajstić information content (AvgIpc) is 1.85. The first-order valence-corrected chi connectivity index (χ1v) is 3.30. The fourth-order valence-electron chi connectivity index (χ4n) is 0.591. The van der Waals surface area contributed by atoms with E-state index in [0.29, 0.717) is 19.3 Å². The molecule has 0 spiro atoms.